The summed E-state index contributed by atoms with van der Waals surface area (Å²) in [5.74, 6) is -0.395. The Morgan fingerprint density at radius 3 is 2.64 bits per heavy atom. The maximum Gasteiger partial charge on any atom is 0.305 e. The highest BCUT2D eigenvalue weighted by atomic mass is 16.4. The van der Waals surface area contributed by atoms with Crippen LogP contribution in [0, 0.1) is 6.92 Å². The second kappa shape index (κ2) is 8.41. The molecule has 1 N–H and O–H groups in total. The maximum absolute atomic E-state index is 12.6. The number of hydrogen-bond acceptors (Lipinski definition) is 4. The van der Waals surface area contributed by atoms with Crippen LogP contribution in [-0.4, -0.2) is 44.5 Å². The molecule has 0 atom stereocenters. The van der Waals surface area contributed by atoms with Crippen LogP contribution in [0.15, 0.2) is 29.1 Å². The average Bonchev–Trinajstić information content (AvgIpc) is 2.58. The van der Waals surface area contributed by atoms with Gasteiger partial charge in [0.15, 0.2) is 0 Å². The Labute approximate surface area is 145 Å². The molecule has 0 bridgehead atoms. The van der Waals surface area contributed by atoms with E-state index in [0.717, 1.165) is 0 Å². The molecular formula is C18H23N3O4. The summed E-state index contributed by atoms with van der Waals surface area (Å²) in [5, 5.41) is 9.29. The van der Waals surface area contributed by atoms with Gasteiger partial charge in [-0.05, 0) is 32.4 Å². The molecular weight excluding hydrogens is 322 g/mol. The number of carbonyl (C=O) groups is 2. The van der Waals surface area contributed by atoms with Crippen LogP contribution in [-0.2, 0) is 16.1 Å². The molecule has 0 radical (unpaired) electrons. The lowest BCUT2D eigenvalue weighted by Gasteiger charge is -2.20. The zero-order chi connectivity index (χ0) is 18.4. The number of para-hydroxylation sites is 1. The van der Waals surface area contributed by atoms with Crippen molar-refractivity contribution in [2.45, 2.75) is 39.7 Å². The molecule has 0 aliphatic carbocycles. The minimum absolute atomic E-state index is 0.0628. The van der Waals surface area contributed by atoms with Crippen LogP contribution in [0.1, 0.15) is 32.0 Å². The van der Waals surface area contributed by atoms with Gasteiger partial charge in [-0.25, -0.2) is 4.98 Å². The number of fused-ring (bicyclic) bond motifs is 1. The van der Waals surface area contributed by atoms with E-state index in [1.165, 1.54) is 4.90 Å². The van der Waals surface area contributed by atoms with Gasteiger partial charge >= 0.3 is 5.97 Å². The Balaban J connectivity index is 2.02. The predicted octanol–water partition coefficient (Wildman–Crippen LogP) is 1.81. The van der Waals surface area contributed by atoms with Crippen LogP contribution in [0.2, 0.25) is 0 Å². The second-order valence-corrected chi connectivity index (χ2v) is 5.85. The van der Waals surface area contributed by atoms with Gasteiger partial charge in [-0.1, -0.05) is 12.1 Å². The molecule has 0 aliphatic heterocycles. The molecule has 1 amide bonds. The summed E-state index contributed by atoms with van der Waals surface area (Å²) in [4.78, 5) is 41.4. The molecule has 0 saturated heterocycles. The summed E-state index contributed by atoms with van der Waals surface area (Å²) < 4.78 is 1.59. The Morgan fingerprint density at radius 1 is 1.24 bits per heavy atom. The monoisotopic (exact) mass is 345 g/mol. The van der Waals surface area contributed by atoms with Gasteiger partial charge in [0.2, 0.25) is 5.91 Å². The number of rotatable bonds is 8. The van der Waals surface area contributed by atoms with E-state index in [9.17, 15) is 14.4 Å². The number of aryl methyl sites for hydroxylation is 1. The number of carboxylic acid groups (broad SMARTS) is 1. The zero-order valence-electron chi connectivity index (χ0n) is 14.6. The molecule has 2 rings (SSSR count). The normalized spacial score (nSPS) is 10.8. The molecule has 25 heavy (non-hydrogen) atoms. The van der Waals surface area contributed by atoms with E-state index >= 15 is 0 Å². The fourth-order valence-electron chi connectivity index (χ4n) is 2.78. The fourth-order valence-corrected chi connectivity index (χ4v) is 2.78. The highest BCUT2D eigenvalue weighted by molar-refractivity contribution is 5.78. The van der Waals surface area contributed by atoms with Gasteiger partial charge in [0.1, 0.15) is 5.82 Å². The smallest absolute Gasteiger partial charge is 0.305 e. The predicted molar refractivity (Wildman–Crippen MR) is 94.5 cm³/mol. The van der Waals surface area contributed by atoms with Gasteiger partial charge in [-0.3, -0.25) is 19.0 Å². The average molecular weight is 345 g/mol. The number of hydrogen-bond donors (Lipinski definition) is 1. The van der Waals surface area contributed by atoms with Crippen LogP contribution in [0.25, 0.3) is 10.9 Å². The maximum atomic E-state index is 12.6. The van der Waals surface area contributed by atoms with Crippen molar-refractivity contribution in [3.05, 3.63) is 40.4 Å². The molecule has 1 aromatic carbocycles. The van der Waals surface area contributed by atoms with Crippen molar-refractivity contribution in [2.24, 2.45) is 0 Å². The molecule has 7 nitrogen and oxygen atoms in total. The van der Waals surface area contributed by atoms with Gasteiger partial charge in [0, 0.05) is 26.1 Å². The van der Waals surface area contributed by atoms with E-state index in [1.807, 2.05) is 13.0 Å². The quantitative estimate of drug-likeness (QED) is 0.788. The lowest BCUT2D eigenvalue weighted by Crippen LogP contribution is -2.33. The van der Waals surface area contributed by atoms with Crippen LogP contribution in [0.3, 0.4) is 0 Å². The van der Waals surface area contributed by atoms with Gasteiger partial charge in [0.25, 0.3) is 5.56 Å². The number of aromatic nitrogens is 2. The van der Waals surface area contributed by atoms with Crippen molar-refractivity contribution in [3.63, 3.8) is 0 Å². The van der Waals surface area contributed by atoms with Crippen LogP contribution < -0.4 is 5.56 Å². The topological polar surface area (TPSA) is 92.5 Å². The van der Waals surface area contributed by atoms with E-state index in [-0.39, 0.29) is 30.9 Å². The molecule has 0 fully saturated rings. The number of aliphatic carboxylic acids is 1. The third-order valence-electron chi connectivity index (χ3n) is 4.15. The number of benzene rings is 1. The van der Waals surface area contributed by atoms with E-state index in [2.05, 4.69) is 4.98 Å². The summed E-state index contributed by atoms with van der Waals surface area (Å²) in [7, 11) is 0. The van der Waals surface area contributed by atoms with E-state index in [0.29, 0.717) is 36.2 Å². The van der Waals surface area contributed by atoms with Crippen molar-refractivity contribution < 1.29 is 14.7 Å². The Bertz CT molecular complexity index is 829. The molecule has 0 spiro atoms. The van der Waals surface area contributed by atoms with Crippen molar-refractivity contribution in [1.29, 1.82) is 0 Å². The number of nitrogens with zero attached hydrogens (tertiary/aromatic N) is 3. The summed E-state index contributed by atoms with van der Waals surface area (Å²) in [6.07, 6.45) is 0.710. The first kappa shape index (κ1) is 18.6. The van der Waals surface area contributed by atoms with Gasteiger partial charge in [-0.2, -0.15) is 0 Å². The first-order valence-corrected chi connectivity index (χ1v) is 8.39. The Morgan fingerprint density at radius 2 is 1.96 bits per heavy atom. The number of amides is 1. The molecule has 2 aromatic rings. The van der Waals surface area contributed by atoms with Gasteiger partial charge in [0.05, 0.1) is 17.3 Å². The molecule has 1 aromatic heterocycles. The molecule has 7 heteroatoms. The number of carboxylic acids is 1. The van der Waals surface area contributed by atoms with E-state index in [1.54, 1.807) is 29.7 Å². The summed E-state index contributed by atoms with van der Waals surface area (Å²) in [5.41, 5.74) is 0.567. The second-order valence-electron chi connectivity index (χ2n) is 5.85. The fraction of sp³-hybridized carbons (Fsp3) is 0.444. The first-order valence-electron chi connectivity index (χ1n) is 8.39. The molecule has 1 heterocycles. The van der Waals surface area contributed by atoms with E-state index < -0.39 is 5.97 Å². The SMILES string of the molecule is CCN(CCC(=O)O)C(=O)CCCn1c(C)nc2ccccc2c1=O. The summed E-state index contributed by atoms with van der Waals surface area (Å²) in [6, 6.07) is 7.19. The lowest BCUT2D eigenvalue weighted by molar-refractivity contribution is -0.138. The van der Waals surface area contributed by atoms with Gasteiger partial charge < -0.3 is 10.0 Å². The minimum atomic E-state index is -0.921. The van der Waals surface area contributed by atoms with Crippen LogP contribution in [0.5, 0.6) is 0 Å². The zero-order valence-corrected chi connectivity index (χ0v) is 14.6. The Hall–Kier alpha value is -2.70. The molecule has 0 saturated carbocycles. The standard InChI is InChI=1S/C18H23N3O4/c1-3-20(12-10-17(23)24)16(22)9-6-11-21-13(2)19-15-8-5-4-7-14(15)18(21)25/h4-5,7-8H,3,6,9-12H2,1-2H3,(H,23,24). The number of carbonyl (C=O) groups excluding carboxylic acids is 1. The highest BCUT2D eigenvalue weighted by Crippen LogP contribution is 2.08. The van der Waals surface area contributed by atoms with Gasteiger partial charge in [-0.15, -0.1) is 0 Å². The summed E-state index contributed by atoms with van der Waals surface area (Å²) in [6.45, 7) is 4.69. The van der Waals surface area contributed by atoms with Crippen molar-refractivity contribution >= 4 is 22.8 Å². The lowest BCUT2D eigenvalue weighted by atomic mass is 10.2. The Kier molecular flexibility index (Phi) is 6.27. The molecule has 0 unspecified atom stereocenters. The van der Waals surface area contributed by atoms with Crippen molar-refractivity contribution in [2.75, 3.05) is 13.1 Å². The van der Waals surface area contributed by atoms with Crippen LogP contribution in [0.4, 0.5) is 0 Å². The van der Waals surface area contributed by atoms with Crippen molar-refractivity contribution in [3.8, 4) is 0 Å². The minimum Gasteiger partial charge on any atom is -0.481 e. The largest absolute Gasteiger partial charge is 0.481 e. The van der Waals surface area contributed by atoms with Crippen LogP contribution >= 0.6 is 0 Å². The first-order chi connectivity index (χ1) is 11.9. The van der Waals surface area contributed by atoms with E-state index in [4.69, 9.17) is 5.11 Å². The molecule has 134 valence electrons. The van der Waals surface area contributed by atoms with Crippen molar-refractivity contribution in [1.82, 2.24) is 14.5 Å². The molecule has 0 aliphatic rings. The third kappa shape index (κ3) is 4.65. The highest BCUT2D eigenvalue weighted by Gasteiger charge is 2.13. The summed E-state index contributed by atoms with van der Waals surface area (Å²) >= 11 is 0. The third-order valence-corrected chi connectivity index (χ3v) is 4.15.